The van der Waals surface area contributed by atoms with Gasteiger partial charge in [0, 0.05) is 33.4 Å². The molecule has 0 radical (unpaired) electrons. The average molecular weight is 639 g/mol. The Kier molecular flexibility index (Phi) is 7.53. The number of anilines is 3. The van der Waals surface area contributed by atoms with Gasteiger partial charge in [0.15, 0.2) is 0 Å². The zero-order valence-corrected chi connectivity index (χ0v) is 27.5. The summed E-state index contributed by atoms with van der Waals surface area (Å²) in [6, 6.07) is 74.0. The molecule has 50 heavy (non-hydrogen) atoms. The van der Waals surface area contributed by atoms with Crippen LogP contribution in [-0.4, -0.2) is 4.57 Å². The predicted molar refractivity (Wildman–Crippen MR) is 212 cm³/mol. The van der Waals surface area contributed by atoms with Gasteiger partial charge in [-0.15, -0.1) is 0 Å². The maximum Gasteiger partial charge on any atom is 0.0541 e. The quantitative estimate of drug-likeness (QED) is 0.169. The number of rotatable bonds is 7. The number of fused-ring (bicyclic) bond motifs is 3. The normalized spacial score (nSPS) is 11.2. The summed E-state index contributed by atoms with van der Waals surface area (Å²) in [5, 5.41) is 2.54. The minimum atomic E-state index is 1.10. The van der Waals surface area contributed by atoms with Crippen molar-refractivity contribution in [2.45, 2.75) is 0 Å². The summed E-state index contributed by atoms with van der Waals surface area (Å²) in [6.45, 7) is 0. The first kappa shape index (κ1) is 29.5. The van der Waals surface area contributed by atoms with E-state index in [1.807, 2.05) is 0 Å². The molecule has 9 rings (SSSR count). The zero-order valence-electron chi connectivity index (χ0n) is 27.5. The molecule has 0 spiro atoms. The van der Waals surface area contributed by atoms with Crippen molar-refractivity contribution in [1.29, 1.82) is 0 Å². The van der Waals surface area contributed by atoms with E-state index in [-0.39, 0.29) is 0 Å². The van der Waals surface area contributed by atoms with Crippen molar-refractivity contribution < 1.29 is 0 Å². The highest BCUT2D eigenvalue weighted by atomic mass is 15.1. The van der Waals surface area contributed by atoms with Crippen LogP contribution in [0.3, 0.4) is 0 Å². The Balaban J connectivity index is 1.13. The Bertz CT molecular complexity index is 2510. The Morgan fingerprint density at radius 3 is 1.40 bits per heavy atom. The van der Waals surface area contributed by atoms with Crippen LogP contribution in [0.5, 0.6) is 0 Å². The minimum Gasteiger partial charge on any atom is -0.310 e. The van der Waals surface area contributed by atoms with Crippen molar-refractivity contribution in [3.8, 4) is 39.1 Å². The summed E-state index contributed by atoms with van der Waals surface area (Å²) < 4.78 is 2.38. The number of benzene rings is 8. The summed E-state index contributed by atoms with van der Waals surface area (Å²) in [4.78, 5) is 2.37. The standard InChI is InChI=1S/C48H34N2/c1-3-14-35(15-4-1)36-26-30-40(31-27-36)49(46-23-10-7-20-43(46)38-16-5-2-6-17-38)41-32-28-37(29-33-41)39-18-13-19-42(34-39)50-47-24-11-8-21-44(47)45-22-9-12-25-48(45)50/h1-34H. The second kappa shape index (κ2) is 12.8. The molecule has 0 atom stereocenters. The third-order valence-electron chi connectivity index (χ3n) is 9.61. The van der Waals surface area contributed by atoms with Crippen molar-refractivity contribution >= 4 is 38.9 Å². The smallest absolute Gasteiger partial charge is 0.0541 e. The van der Waals surface area contributed by atoms with Gasteiger partial charge in [0.25, 0.3) is 0 Å². The third kappa shape index (κ3) is 5.34. The van der Waals surface area contributed by atoms with E-state index in [9.17, 15) is 0 Å². The lowest BCUT2D eigenvalue weighted by Gasteiger charge is -2.28. The lowest BCUT2D eigenvalue weighted by atomic mass is 10.00. The molecule has 1 aromatic heterocycles. The first-order valence-corrected chi connectivity index (χ1v) is 17.1. The van der Waals surface area contributed by atoms with E-state index in [0.29, 0.717) is 0 Å². The molecule has 8 aromatic carbocycles. The van der Waals surface area contributed by atoms with Crippen molar-refractivity contribution in [3.05, 3.63) is 206 Å². The molecule has 236 valence electrons. The Labute approximate surface area is 292 Å². The SMILES string of the molecule is c1ccc(-c2ccc(N(c3ccc(-c4cccc(-n5c6ccccc6c6ccccc65)c4)cc3)c3ccccc3-c3ccccc3)cc2)cc1. The van der Waals surface area contributed by atoms with Crippen LogP contribution in [0.2, 0.25) is 0 Å². The Hall–Kier alpha value is -6.64. The van der Waals surface area contributed by atoms with E-state index in [0.717, 1.165) is 22.7 Å². The lowest BCUT2D eigenvalue weighted by molar-refractivity contribution is 1.18. The minimum absolute atomic E-state index is 1.10. The van der Waals surface area contributed by atoms with Gasteiger partial charge in [-0.2, -0.15) is 0 Å². The number of para-hydroxylation sites is 3. The van der Waals surface area contributed by atoms with Crippen LogP contribution in [0, 0.1) is 0 Å². The highest BCUT2D eigenvalue weighted by Crippen LogP contribution is 2.42. The van der Waals surface area contributed by atoms with Crippen molar-refractivity contribution in [2.75, 3.05) is 4.90 Å². The highest BCUT2D eigenvalue weighted by molar-refractivity contribution is 6.09. The largest absolute Gasteiger partial charge is 0.310 e. The van der Waals surface area contributed by atoms with E-state index < -0.39 is 0 Å². The molecule has 0 fully saturated rings. The number of aromatic nitrogens is 1. The number of hydrogen-bond donors (Lipinski definition) is 0. The van der Waals surface area contributed by atoms with Gasteiger partial charge < -0.3 is 9.47 Å². The van der Waals surface area contributed by atoms with E-state index in [1.165, 1.54) is 55.2 Å². The van der Waals surface area contributed by atoms with Crippen LogP contribution < -0.4 is 4.90 Å². The fourth-order valence-electron chi connectivity index (χ4n) is 7.22. The van der Waals surface area contributed by atoms with Crippen molar-refractivity contribution in [1.82, 2.24) is 4.57 Å². The van der Waals surface area contributed by atoms with E-state index >= 15 is 0 Å². The van der Waals surface area contributed by atoms with Crippen LogP contribution in [0.25, 0.3) is 60.9 Å². The molecule has 0 amide bonds. The lowest BCUT2D eigenvalue weighted by Crippen LogP contribution is -2.11. The van der Waals surface area contributed by atoms with Gasteiger partial charge >= 0.3 is 0 Å². The van der Waals surface area contributed by atoms with Gasteiger partial charge in [-0.25, -0.2) is 0 Å². The molecule has 0 N–H and O–H groups in total. The topological polar surface area (TPSA) is 8.17 Å². The van der Waals surface area contributed by atoms with Gasteiger partial charge in [-0.1, -0.05) is 152 Å². The Morgan fingerprint density at radius 2 is 0.780 bits per heavy atom. The van der Waals surface area contributed by atoms with Gasteiger partial charge in [-0.3, -0.25) is 0 Å². The molecule has 0 saturated heterocycles. The van der Waals surface area contributed by atoms with Crippen molar-refractivity contribution in [2.24, 2.45) is 0 Å². The molecule has 0 aliphatic rings. The molecule has 2 nitrogen and oxygen atoms in total. The van der Waals surface area contributed by atoms with Gasteiger partial charge in [0.05, 0.1) is 16.7 Å². The number of nitrogens with zero attached hydrogens (tertiary/aromatic N) is 2. The Morgan fingerprint density at radius 1 is 0.320 bits per heavy atom. The van der Waals surface area contributed by atoms with Crippen LogP contribution in [0.4, 0.5) is 17.1 Å². The second-order valence-corrected chi connectivity index (χ2v) is 12.6. The summed E-state index contributed by atoms with van der Waals surface area (Å²) >= 11 is 0. The molecule has 0 aliphatic heterocycles. The zero-order chi connectivity index (χ0) is 33.3. The fourth-order valence-corrected chi connectivity index (χ4v) is 7.22. The summed E-state index contributed by atoms with van der Waals surface area (Å²) in [6.07, 6.45) is 0. The van der Waals surface area contributed by atoms with Gasteiger partial charge in [0.1, 0.15) is 0 Å². The molecular weight excluding hydrogens is 605 g/mol. The molecule has 1 heterocycles. The fraction of sp³-hybridized carbons (Fsp3) is 0. The monoisotopic (exact) mass is 638 g/mol. The first-order valence-electron chi connectivity index (χ1n) is 17.1. The summed E-state index contributed by atoms with van der Waals surface area (Å²) in [7, 11) is 0. The predicted octanol–water partition coefficient (Wildman–Crippen LogP) is 13.3. The van der Waals surface area contributed by atoms with E-state index in [1.54, 1.807) is 0 Å². The molecule has 9 aromatic rings. The molecule has 0 unspecified atom stereocenters. The van der Waals surface area contributed by atoms with Gasteiger partial charge in [0.2, 0.25) is 0 Å². The first-order chi connectivity index (χ1) is 24.8. The number of hydrogen-bond acceptors (Lipinski definition) is 1. The van der Waals surface area contributed by atoms with E-state index in [2.05, 4.69) is 216 Å². The summed E-state index contributed by atoms with van der Waals surface area (Å²) in [5.74, 6) is 0. The van der Waals surface area contributed by atoms with Crippen LogP contribution in [0.1, 0.15) is 0 Å². The van der Waals surface area contributed by atoms with Crippen LogP contribution >= 0.6 is 0 Å². The summed E-state index contributed by atoms with van der Waals surface area (Å²) in [5.41, 5.74) is 14.1. The van der Waals surface area contributed by atoms with Crippen LogP contribution in [-0.2, 0) is 0 Å². The van der Waals surface area contributed by atoms with Crippen LogP contribution in [0.15, 0.2) is 206 Å². The molecule has 2 heteroatoms. The molecule has 0 bridgehead atoms. The third-order valence-corrected chi connectivity index (χ3v) is 9.61. The second-order valence-electron chi connectivity index (χ2n) is 12.6. The van der Waals surface area contributed by atoms with E-state index in [4.69, 9.17) is 0 Å². The molecular formula is C48H34N2. The highest BCUT2D eigenvalue weighted by Gasteiger charge is 2.18. The average Bonchev–Trinajstić information content (AvgIpc) is 3.54. The maximum absolute atomic E-state index is 2.38. The van der Waals surface area contributed by atoms with Crippen molar-refractivity contribution in [3.63, 3.8) is 0 Å². The molecule has 0 aliphatic carbocycles. The maximum atomic E-state index is 2.38. The molecule has 0 saturated carbocycles. The van der Waals surface area contributed by atoms with Gasteiger partial charge in [-0.05, 0) is 82.4 Å².